The summed E-state index contributed by atoms with van der Waals surface area (Å²) in [6.45, 7) is 3.88. The summed E-state index contributed by atoms with van der Waals surface area (Å²) < 4.78 is 29.8. The molecule has 1 atom stereocenters. The van der Waals surface area contributed by atoms with E-state index < -0.39 is 6.43 Å². The highest BCUT2D eigenvalue weighted by atomic mass is 127. The fourth-order valence-corrected chi connectivity index (χ4v) is 3.21. The summed E-state index contributed by atoms with van der Waals surface area (Å²) in [5.41, 5.74) is 0. The van der Waals surface area contributed by atoms with Gasteiger partial charge in [0.1, 0.15) is 0 Å². The minimum Gasteiger partial charge on any atom is -0.450 e. The number of nitrogens with zero attached hydrogens (tertiary/aromatic N) is 2. The number of halogens is 3. The molecule has 1 aliphatic carbocycles. The molecule has 2 aliphatic rings. The van der Waals surface area contributed by atoms with E-state index in [1.807, 2.05) is 0 Å². The van der Waals surface area contributed by atoms with Gasteiger partial charge in [-0.15, -0.1) is 24.0 Å². The van der Waals surface area contributed by atoms with Gasteiger partial charge in [0, 0.05) is 32.7 Å². The second-order valence-corrected chi connectivity index (χ2v) is 6.87. The van der Waals surface area contributed by atoms with Gasteiger partial charge >= 0.3 is 6.09 Å². The van der Waals surface area contributed by atoms with Crippen molar-refractivity contribution in [2.75, 3.05) is 39.8 Å². The summed E-state index contributed by atoms with van der Waals surface area (Å²) in [4.78, 5) is 17.7. The van der Waals surface area contributed by atoms with Crippen LogP contribution >= 0.6 is 24.0 Å². The number of hydrogen-bond donors (Lipinski definition) is 3. The number of alkyl carbamates (subject to hydrolysis) is 1. The molecule has 0 aromatic rings. The van der Waals surface area contributed by atoms with Crippen molar-refractivity contribution in [3.05, 3.63) is 0 Å². The number of carbonyl (C=O) groups is 1. The van der Waals surface area contributed by atoms with Gasteiger partial charge < -0.3 is 20.7 Å². The van der Waals surface area contributed by atoms with E-state index in [2.05, 4.69) is 20.9 Å². The molecule has 10 heteroatoms. The van der Waals surface area contributed by atoms with Crippen LogP contribution < -0.4 is 16.0 Å². The molecule has 1 unspecified atom stereocenters. The number of ether oxygens (including phenoxy) is 1. The van der Waals surface area contributed by atoms with Crippen LogP contribution in [0.1, 0.15) is 32.6 Å². The molecule has 3 N–H and O–H groups in total. The van der Waals surface area contributed by atoms with Gasteiger partial charge in [0.2, 0.25) is 0 Å². The van der Waals surface area contributed by atoms with Gasteiger partial charge in [0.25, 0.3) is 6.43 Å². The summed E-state index contributed by atoms with van der Waals surface area (Å²) >= 11 is 0. The number of aliphatic imine (C=N–C) groups is 1. The first-order valence-corrected chi connectivity index (χ1v) is 9.42. The molecule has 1 heterocycles. The molecule has 0 aromatic carbocycles. The summed E-state index contributed by atoms with van der Waals surface area (Å²) in [7, 11) is 1.70. The first kappa shape index (κ1) is 24.1. The molecule has 158 valence electrons. The predicted octanol–water partition coefficient (Wildman–Crippen LogP) is 2.02. The summed E-state index contributed by atoms with van der Waals surface area (Å²) in [5.74, 6) is 1.15. The number of alkyl halides is 2. The van der Waals surface area contributed by atoms with Crippen molar-refractivity contribution in [2.24, 2.45) is 10.9 Å². The largest absolute Gasteiger partial charge is 0.450 e. The van der Waals surface area contributed by atoms with Crippen molar-refractivity contribution in [2.45, 2.75) is 51.1 Å². The zero-order chi connectivity index (χ0) is 18.9. The van der Waals surface area contributed by atoms with Crippen molar-refractivity contribution >= 4 is 36.0 Å². The molecule has 7 nitrogen and oxygen atoms in total. The Bertz CT molecular complexity index is 472. The maximum Gasteiger partial charge on any atom is 0.407 e. The SMILES string of the molecule is CCOC(=O)NC(CNC(=NC)NC1CCN(CC(F)F)CC1)C1CC1.I. The van der Waals surface area contributed by atoms with E-state index in [0.29, 0.717) is 38.1 Å². The topological polar surface area (TPSA) is 78.0 Å². The second kappa shape index (κ2) is 12.5. The number of carbonyl (C=O) groups excluding carboxylic acids is 1. The molecule has 2 fully saturated rings. The van der Waals surface area contributed by atoms with Crippen molar-refractivity contribution in [1.82, 2.24) is 20.9 Å². The molecule has 2 rings (SSSR count). The Morgan fingerprint density at radius 1 is 1.26 bits per heavy atom. The fourth-order valence-electron chi connectivity index (χ4n) is 3.21. The Morgan fingerprint density at radius 3 is 2.44 bits per heavy atom. The minimum atomic E-state index is -2.28. The van der Waals surface area contributed by atoms with Crippen LogP contribution in [0, 0.1) is 5.92 Å². The van der Waals surface area contributed by atoms with E-state index in [1.165, 1.54) is 0 Å². The van der Waals surface area contributed by atoms with Crippen LogP contribution in [0.3, 0.4) is 0 Å². The van der Waals surface area contributed by atoms with E-state index in [0.717, 1.165) is 25.7 Å². The first-order valence-electron chi connectivity index (χ1n) is 9.42. The molecule has 0 radical (unpaired) electrons. The molecule has 0 bridgehead atoms. The van der Waals surface area contributed by atoms with Gasteiger partial charge in [0.05, 0.1) is 19.2 Å². The zero-order valence-corrected chi connectivity index (χ0v) is 18.4. The average molecular weight is 503 g/mol. The van der Waals surface area contributed by atoms with E-state index in [-0.39, 0.29) is 48.7 Å². The Labute approximate surface area is 177 Å². The molecule has 27 heavy (non-hydrogen) atoms. The van der Waals surface area contributed by atoms with Crippen molar-refractivity contribution < 1.29 is 18.3 Å². The van der Waals surface area contributed by atoms with Crippen LogP contribution in [-0.2, 0) is 4.74 Å². The Balaban J connectivity index is 0.00000364. The average Bonchev–Trinajstić information content (AvgIpc) is 3.43. The second-order valence-electron chi connectivity index (χ2n) is 6.87. The normalized spacial score (nSPS) is 20.0. The summed E-state index contributed by atoms with van der Waals surface area (Å²) in [5, 5.41) is 9.52. The van der Waals surface area contributed by atoms with Crippen molar-refractivity contribution in [3.63, 3.8) is 0 Å². The van der Waals surface area contributed by atoms with Crippen LogP contribution in [0.4, 0.5) is 13.6 Å². The number of piperidine rings is 1. The van der Waals surface area contributed by atoms with Crippen LogP contribution in [0.5, 0.6) is 0 Å². The lowest BCUT2D eigenvalue weighted by atomic mass is 10.1. The standard InChI is InChI=1S/C17H31F2N5O2.HI/c1-3-26-17(25)23-14(12-4-5-12)10-21-16(20-2)22-13-6-8-24(9-7-13)11-15(18)19;/h12-15H,3-11H2,1-2H3,(H,23,25)(H2,20,21,22);1H. The van der Waals surface area contributed by atoms with Gasteiger partial charge in [-0.3, -0.25) is 9.89 Å². The van der Waals surface area contributed by atoms with E-state index >= 15 is 0 Å². The van der Waals surface area contributed by atoms with Gasteiger partial charge in [-0.05, 0) is 38.5 Å². The molecule has 1 saturated carbocycles. The first-order chi connectivity index (χ1) is 12.5. The smallest absolute Gasteiger partial charge is 0.407 e. The third-order valence-electron chi connectivity index (χ3n) is 4.81. The van der Waals surface area contributed by atoms with Crippen LogP contribution in [0.15, 0.2) is 4.99 Å². The van der Waals surface area contributed by atoms with Crippen LogP contribution in [0.25, 0.3) is 0 Å². The maximum atomic E-state index is 12.4. The molecule has 0 spiro atoms. The third kappa shape index (κ3) is 9.22. The van der Waals surface area contributed by atoms with Crippen molar-refractivity contribution in [3.8, 4) is 0 Å². The Hall–Kier alpha value is -0.910. The van der Waals surface area contributed by atoms with Gasteiger partial charge in [-0.2, -0.15) is 0 Å². The van der Waals surface area contributed by atoms with Gasteiger partial charge in [-0.25, -0.2) is 13.6 Å². The lowest BCUT2D eigenvalue weighted by Crippen LogP contribution is -2.52. The molecule has 1 aliphatic heterocycles. The molecular weight excluding hydrogens is 471 g/mol. The van der Waals surface area contributed by atoms with Crippen molar-refractivity contribution in [1.29, 1.82) is 0 Å². The number of rotatable bonds is 8. The highest BCUT2D eigenvalue weighted by Gasteiger charge is 2.32. The Morgan fingerprint density at radius 2 is 1.93 bits per heavy atom. The monoisotopic (exact) mass is 503 g/mol. The highest BCUT2D eigenvalue weighted by Crippen LogP contribution is 2.32. The lowest BCUT2D eigenvalue weighted by Gasteiger charge is -2.33. The predicted molar refractivity (Wildman–Crippen MR) is 112 cm³/mol. The van der Waals surface area contributed by atoms with E-state index in [1.54, 1.807) is 18.9 Å². The minimum absolute atomic E-state index is 0. The van der Waals surface area contributed by atoms with Gasteiger partial charge in [0.15, 0.2) is 5.96 Å². The van der Waals surface area contributed by atoms with Crippen LogP contribution in [0.2, 0.25) is 0 Å². The van der Waals surface area contributed by atoms with E-state index in [4.69, 9.17) is 4.74 Å². The number of guanidine groups is 1. The highest BCUT2D eigenvalue weighted by molar-refractivity contribution is 14.0. The Kier molecular flexibility index (Phi) is 11.2. The number of likely N-dealkylation sites (tertiary alicyclic amines) is 1. The molecule has 0 aromatic heterocycles. The number of amides is 1. The third-order valence-corrected chi connectivity index (χ3v) is 4.81. The summed E-state index contributed by atoms with van der Waals surface area (Å²) in [6, 6.07) is 0.230. The van der Waals surface area contributed by atoms with Gasteiger partial charge in [-0.1, -0.05) is 0 Å². The fraction of sp³-hybridized carbons (Fsp3) is 0.882. The zero-order valence-electron chi connectivity index (χ0n) is 16.0. The molecule has 1 saturated heterocycles. The maximum absolute atomic E-state index is 12.4. The van der Waals surface area contributed by atoms with E-state index in [9.17, 15) is 13.6 Å². The number of nitrogens with one attached hydrogen (secondary N) is 3. The van der Waals surface area contributed by atoms with Crippen LogP contribution in [-0.4, -0.2) is 75.3 Å². The lowest BCUT2D eigenvalue weighted by molar-refractivity contribution is 0.0744. The number of hydrogen-bond acceptors (Lipinski definition) is 4. The molecule has 1 amide bonds. The summed E-state index contributed by atoms with van der Waals surface area (Å²) in [6.07, 6.45) is 1.16. The quantitative estimate of drug-likeness (QED) is 0.269. The molecular formula is C17H32F2IN5O2.